The lowest BCUT2D eigenvalue weighted by atomic mass is 10.1. The van der Waals surface area contributed by atoms with Crippen LogP contribution >= 0.6 is 0 Å². The Hall–Kier alpha value is -4.08. The van der Waals surface area contributed by atoms with Crippen LogP contribution in [0.25, 0.3) is 0 Å². The molecule has 2 aromatic rings. The van der Waals surface area contributed by atoms with Gasteiger partial charge in [-0.3, -0.25) is 14.5 Å². The molecule has 30 heavy (non-hydrogen) atoms. The largest absolute Gasteiger partial charge is 0.478 e. The molecular weight excluding hydrogens is 392 g/mol. The van der Waals surface area contributed by atoms with Crippen molar-refractivity contribution < 1.29 is 29.4 Å². The summed E-state index contributed by atoms with van der Waals surface area (Å²) in [4.78, 5) is 53.0. The number of imide groups is 1. The van der Waals surface area contributed by atoms with Gasteiger partial charge in [-0.15, -0.1) is 0 Å². The molecule has 0 unspecified atom stereocenters. The number of carbonyl (C=O) groups is 4. The van der Waals surface area contributed by atoms with E-state index in [1.807, 2.05) is 0 Å². The number of aromatic nitrogens is 2. The molecule has 0 aliphatic carbocycles. The van der Waals surface area contributed by atoms with E-state index in [0.717, 1.165) is 6.42 Å². The van der Waals surface area contributed by atoms with Gasteiger partial charge < -0.3 is 15.9 Å². The first-order chi connectivity index (χ1) is 14.3. The minimum Gasteiger partial charge on any atom is -0.478 e. The number of rotatable bonds is 7. The fraction of sp³-hybridized carbons (Fsp3) is 0.200. The highest BCUT2D eigenvalue weighted by Crippen LogP contribution is 2.22. The SMILES string of the molecule is Nc1ccnc(CCCCN2C(=O)c3ccccc3C2=O)n1.O=C(O)/C=C\C(=O)O. The number of aryl methyl sites for hydroxylation is 1. The molecule has 2 heterocycles. The second kappa shape index (κ2) is 10.5. The summed E-state index contributed by atoms with van der Waals surface area (Å²) >= 11 is 0. The van der Waals surface area contributed by atoms with E-state index in [-0.39, 0.29) is 11.8 Å². The van der Waals surface area contributed by atoms with E-state index in [2.05, 4.69) is 9.97 Å². The lowest BCUT2D eigenvalue weighted by Crippen LogP contribution is -2.30. The number of fused-ring (bicyclic) bond motifs is 1. The maximum atomic E-state index is 12.2. The highest BCUT2D eigenvalue weighted by Gasteiger charge is 2.34. The third-order valence-electron chi connectivity index (χ3n) is 4.01. The van der Waals surface area contributed by atoms with E-state index < -0.39 is 11.9 Å². The van der Waals surface area contributed by atoms with E-state index in [9.17, 15) is 19.2 Å². The second-order valence-electron chi connectivity index (χ2n) is 6.17. The standard InChI is InChI=1S/C16H16N4O2.C4H4O4/c17-13-8-9-18-14(19-13)7-3-4-10-20-15(21)11-5-1-2-6-12(11)16(20)22;5-3(6)1-2-4(7)8/h1-2,5-6,8-9H,3-4,7,10H2,(H2,17,18,19);1-2H,(H,5,6)(H,7,8)/b;2-1-. The number of anilines is 1. The molecule has 10 nitrogen and oxygen atoms in total. The van der Waals surface area contributed by atoms with Gasteiger partial charge in [0.05, 0.1) is 11.1 Å². The predicted molar refractivity (Wildman–Crippen MR) is 106 cm³/mol. The zero-order valence-corrected chi connectivity index (χ0v) is 15.9. The number of carboxylic acids is 2. The quantitative estimate of drug-likeness (QED) is 0.346. The number of aliphatic carboxylic acids is 2. The predicted octanol–water partition coefficient (Wildman–Crippen LogP) is 1.39. The lowest BCUT2D eigenvalue weighted by Gasteiger charge is -2.13. The number of benzene rings is 1. The molecule has 10 heteroatoms. The Morgan fingerprint density at radius 2 is 1.53 bits per heavy atom. The molecule has 4 N–H and O–H groups in total. The van der Waals surface area contributed by atoms with Crippen LogP contribution in [-0.4, -0.2) is 55.4 Å². The van der Waals surface area contributed by atoms with Crippen molar-refractivity contribution in [3.05, 3.63) is 65.6 Å². The van der Waals surface area contributed by atoms with E-state index in [1.54, 1.807) is 36.5 Å². The Morgan fingerprint density at radius 1 is 0.967 bits per heavy atom. The molecule has 1 aromatic carbocycles. The number of nitrogens with zero attached hydrogens (tertiary/aromatic N) is 3. The van der Waals surface area contributed by atoms with Gasteiger partial charge in [-0.2, -0.15) is 0 Å². The maximum Gasteiger partial charge on any atom is 0.328 e. The third-order valence-corrected chi connectivity index (χ3v) is 4.01. The number of nitrogens with two attached hydrogens (primary N) is 1. The second-order valence-corrected chi connectivity index (χ2v) is 6.17. The number of nitrogen functional groups attached to an aromatic ring is 1. The van der Waals surface area contributed by atoms with Gasteiger partial charge >= 0.3 is 11.9 Å². The summed E-state index contributed by atoms with van der Waals surface area (Å²) in [6.07, 6.45) is 4.92. The van der Waals surface area contributed by atoms with Gasteiger partial charge in [0.1, 0.15) is 11.6 Å². The zero-order chi connectivity index (χ0) is 22.1. The molecular formula is C20H20N4O6. The van der Waals surface area contributed by atoms with Gasteiger partial charge in [0.15, 0.2) is 0 Å². The van der Waals surface area contributed by atoms with E-state index in [1.165, 1.54) is 4.90 Å². The molecule has 1 aliphatic rings. The zero-order valence-electron chi connectivity index (χ0n) is 15.9. The molecule has 2 amide bonds. The summed E-state index contributed by atoms with van der Waals surface area (Å²) in [7, 11) is 0. The average Bonchev–Trinajstić information content (AvgIpc) is 2.95. The summed E-state index contributed by atoms with van der Waals surface area (Å²) in [5, 5.41) is 15.6. The van der Waals surface area contributed by atoms with Crippen molar-refractivity contribution in [3.63, 3.8) is 0 Å². The van der Waals surface area contributed by atoms with Crippen LogP contribution in [-0.2, 0) is 16.0 Å². The first-order valence-corrected chi connectivity index (χ1v) is 8.96. The van der Waals surface area contributed by atoms with Crippen LogP contribution in [0.5, 0.6) is 0 Å². The molecule has 0 fully saturated rings. The van der Waals surface area contributed by atoms with Crippen molar-refractivity contribution >= 4 is 29.6 Å². The van der Waals surface area contributed by atoms with Gasteiger partial charge in [0, 0.05) is 31.3 Å². The molecule has 0 atom stereocenters. The Labute approximate surface area is 171 Å². The van der Waals surface area contributed by atoms with Crippen molar-refractivity contribution in [1.29, 1.82) is 0 Å². The van der Waals surface area contributed by atoms with Crippen LogP contribution in [0, 0.1) is 0 Å². The van der Waals surface area contributed by atoms with Crippen molar-refractivity contribution in [1.82, 2.24) is 14.9 Å². The molecule has 1 aliphatic heterocycles. The fourth-order valence-electron chi connectivity index (χ4n) is 2.67. The maximum absolute atomic E-state index is 12.2. The number of amides is 2. The van der Waals surface area contributed by atoms with Gasteiger partial charge in [0.2, 0.25) is 0 Å². The molecule has 3 rings (SSSR count). The summed E-state index contributed by atoms with van der Waals surface area (Å²) < 4.78 is 0. The highest BCUT2D eigenvalue weighted by molar-refractivity contribution is 6.21. The molecule has 0 radical (unpaired) electrons. The normalized spacial score (nSPS) is 12.5. The van der Waals surface area contributed by atoms with Crippen molar-refractivity contribution in [2.75, 3.05) is 12.3 Å². The molecule has 0 saturated heterocycles. The van der Waals surface area contributed by atoms with E-state index in [0.29, 0.717) is 54.3 Å². The first kappa shape index (κ1) is 22.2. The van der Waals surface area contributed by atoms with Crippen LogP contribution in [0.1, 0.15) is 39.4 Å². The Kier molecular flexibility index (Phi) is 7.74. The van der Waals surface area contributed by atoms with Gasteiger partial charge in [-0.25, -0.2) is 19.6 Å². The number of unbranched alkanes of at least 4 members (excludes halogenated alkanes) is 1. The third kappa shape index (κ3) is 6.23. The summed E-state index contributed by atoms with van der Waals surface area (Å²) in [5.41, 5.74) is 6.58. The molecule has 0 spiro atoms. The minimum absolute atomic E-state index is 0.208. The summed E-state index contributed by atoms with van der Waals surface area (Å²) in [6, 6.07) is 8.56. The first-order valence-electron chi connectivity index (χ1n) is 8.96. The van der Waals surface area contributed by atoms with Crippen LogP contribution < -0.4 is 5.73 Å². The van der Waals surface area contributed by atoms with Crippen LogP contribution in [0.2, 0.25) is 0 Å². The monoisotopic (exact) mass is 412 g/mol. The van der Waals surface area contributed by atoms with Gasteiger partial charge in [-0.1, -0.05) is 12.1 Å². The Balaban J connectivity index is 0.000000343. The lowest BCUT2D eigenvalue weighted by molar-refractivity contribution is -0.134. The van der Waals surface area contributed by atoms with Crippen LogP contribution in [0.15, 0.2) is 48.7 Å². The van der Waals surface area contributed by atoms with E-state index >= 15 is 0 Å². The smallest absolute Gasteiger partial charge is 0.328 e. The average molecular weight is 412 g/mol. The van der Waals surface area contributed by atoms with Gasteiger partial charge in [0.25, 0.3) is 11.8 Å². The summed E-state index contributed by atoms with van der Waals surface area (Å²) in [5.74, 6) is -1.80. The minimum atomic E-state index is -1.26. The topological polar surface area (TPSA) is 164 Å². The van der Waals surface area contributed by atoms with Crippen molar-refractivity contribution in [2.45, 2.75) is 19.3 Å². The highest BCUT2D eigenvalue weighted by atomic mass is 16.4. The molecule has 1 aromatic heterocycles. The Morgan fingerprint density at radius 3 is 2.03 bits per heavy atom. The number of hydrogen-bond acceptors (Lipinski definition) is 7. The van der Waals surface area contributed by atoms with Crippen molar-refractivity contribution in [2.24, 2.45) is 0 Å². The Bertz CT molecular complexity index is 938. The summed E-state index contributed by atoms with van der Waals surface area (Å²) in [6.45, 7) is 0.411. The van der Waals surface area contributed by atoms with Gasteiger partial charge in [-0.05, 0) is 31.0 Å². The van der Waals surface area contributed by atoms with Crippen LogP contribution in [0.3, 0.4) is 0 Å². The number of carboxylic acid groups (broad SMARTS) is 2. The number of hydrogen-bond donors (Lipinski definition) is 3. The fourth-order valence-corrected chi connectivity index (χ4v) is 2.67. The molecule has 0 bridgehead atoms. The number of carbonyl (C=O) groups excluding carboxylic acids is 2. The van der Waals surface area contributed by atoms with Crippen LogP contribution in [0.4, 0.5) is 5.82 Å². The molecule has 0 saturated carbocycles. The molecule has 156 valence electrons. The van der Waals surface area contributed by atoms with E-state index in [4.69, 9.17) is 15.9 Å². The van der Waals surface area contributed by atoms with Crippen molar-refractivity contribution in [3.8, 4) is 0 Å².